The molecule has 0 aromatic carbocycles. The lowest BCUT2D eigenvalue weighted by molar-refractivity contribution is 0.236. The predicted octanol–water partition coefficient (Wildman–Crippen LogP) is 2.58. The highest BCUT2D eigenvalue weighted by molar-refractivity contribution is 5.72. The minimum atomic E-state index is -0.401. The lowest BCUT2D eigenvalue weighted by atomic mass is 10.1. The van der Waals surface area contributed by atoms with E-state index in [1.54, 1.807) is 0 Å². The van der Waals surface area contributed by atoms with E-state index in [0.29, 0.717) is 0 Å². The molecular formula is C13H30N4O. The van der Waals surface area contributed by atoms with Crippen LogP contribution >= 0.6 is 0 Å². The summed E-state index contributed by atoms with van der Waals surface area (Å²) in [7, 11) is 0. The number of urea groups is 1. The molecule has 0 aliphatic rings. The summed E-state index contributed by atoms with van der Waals surface area (Å²) in [6.07, 6.45) is 13.2. The largest absolute Gasteiger partial charge is 0.343 e. The van der Waals surface area contributed by atoms with Crippen LogP contribution < -0.4 is 22.1 Å². The SMILES string of the molecule is CCCCCCCCCCCCNNC(=O)NN. The summed E-state index contributed by atoms with van der Waals surface area (Å²) in [4.78, 5) is 10.7. The molecule has 0 aliphatic carbocycles. The van der Waals surface area contributed by atoms with E-state index in [1.807, 2.05) is 5.43 Å². The molecular weight excluding hydrogens is 228 g/mol. The summed E-state index contributed by atoms with van der Waals surface area (Å²) < 4.78 is 0. The number of hydrogen-bond donors (Lipinski definition) is 4. The average molecular weight is 258 g/mol. The number of nitrogens with two attached hydrogens (primary N) is 1. The van der Waals surface area contributed by atoms with Crippen molar-refractivity contribution in [2.75, 3.05) is 6.54 Å². The van der Waals surface area contributed by atoms with E-state index in [0.717, 1.165) is 13.0 Å². The summed E-state index contributed by atoms with van der Waals surface area (Å²) >= 11 is 0. The second-order valence-corrected chi connectivity index (χ2v) is 4.71. The van der Waals surface area contributed by atoms with E-state index in [4.69, 9.17) is 5.84 Å². The van der Waals surface area contributed by atoms with E-state index in [1.165, 1.54) is 57.8 Å². The molecule has 0 unspecified atom stereocenters. The molecule has 5 N–H and O–H groups in total. The monoisotopic (exact) mass is 258 g/mol. The van der Waals surface area contributed by atoms with Gasteiger partial charge in [-0.3, -0.25) is 10.9 Å². The Morgan fingerprint density at radius 3 is 1.89 bits per heavy atom. The fourth-order valence-electron chi connectivity index (χ4n) is 1.88. The van der Waals surface area contributed by atoms with Crippen LogP contribution in [0.1, 0.15) is 71.1 Å². The summed E-state index contributed by atoms with van der Waals surface area (Å²) in [5.41, 5.74) is 7.25. The van der Waals surface area contributed by atoms with Crippen molar-refractivity contribution in [1.29, 1.82) is 0 Å². The van der Waals surface area contributed by atoms with E-state index in [9.17, 15) is 4.79 Å². The molecule has 0 rings (SSSR count). The highest BCUT2D eigenvalue weighted by Gasteiger charge is 1.94. The summed E-state index contributed by atoms with van der Waals surface area (Å²) in [5, 5.41) is 0. The van der Waals surface area contributed by atoms with Gasteiger partial charge in [0.2, 0.25) is 0 Å². The molecule has 0 radical (unpaired) electrons. The lowest BCUT2D eigenvalue weighted by Gasteiger charge is -2.06. The van der Waals surface area contributed by atoms with Gasteiger partial charge >= 0.3 is 6.03 Å². The normalized spacial score (nSPS) is 10.3. The molecule has 2 amide bonds. The van der Waals surface area contributed by atoms with Crippen LogP contribution in [0.15, 0.2) is 0 Å². The molecule has 5 heteroatoms. The van der Waals surface area contributed by atoms with E-state index >= 15 is 0 Å². The van der Waals surface area contributed by atoms with Crippen LogP contribution in [0.5, 0.6) is 0 Å². The topological polar surface area (TPSA) is 79.2 Å². The maximum atomic E-state index is 10.7. The number of rotatable bonds is 12. The fraction of sp³-hybridized carbons (Fsp3) is 0.923. The highest BCUT2D eigenvalue weighted by Crippen LogP contribution is 2.09. The van der Waals surface area contributed by atoms with Crippen molar-refractivity contribution >= 4 is 6.03 Å². The Balaban J connectivity index is 2.97. The number of carbonyl (C=O) groups excluding carboxylic acids is 1. The van der Waals surface area contributed by atoms with Gasteiger partial charge in [0.15, 0.2) is 0 Å². The number of carbonyl (C=O) groups is 1. The van der Waals surface area contributed by atoms with Gasteiger partial charge in [0, 0.05) is 6.54 Å². The number of unbranched alkanes of at least 4 members (excludes halogenated alkanes) is 9. The van der Waals surface area contributed by atoms with E-state index < -0.39 is 6.03 Å². The van der Waals surface area contributed by atoms with Crippen LogP contribution in [0.25, 0.3) is 0 Å². The van der Waals surface area contributed by atoms with Crippen molar-refractivity contribution in [3.8, 4) is 0 Å². The zero-order valence-corrected chi connectivity index (χ0v) is 11.8. The van der Waals surface area contributed by atoms with Gasteiger partial charge in [-0.1, -0.05) is 64.7 Å². The number of hydrogen-bond acceptors (Lipinski definition) is 3. The van der Waals surface area contributed by atoms with Gasteiger partial charge in [-0.2, -0.15) is 0 Å². The number of nitrogens with one attached hydrogen (secondary N) is 3. The smallest absolute Gasteiger partial charge is 0.275 e. The van der Waals surface area contributed by atoms with Crippen molar-refractivity contribution in [1.82, 2.24) is 16.3 Å². The Labute approximate surface area is 111 Å². The molecule has 0 aromatic rings. The van der Waals surface area contributed by atoms with Gasteiger partial charge in [-0.25, -0.2) is 16.1 Å². The van der Waals surface area contributed by atoms with Gasteiger partial charge in [0.25, 0.3) is 0 Å². The lowest BCUT2D eigenvalue weighted by Crippen LogP contribution is -2.47. The Kier molecular flexibility index (Phi) is 13.6. The Morgan fingerprint density at radius 1 is 0.889 bits per heavy atom. The second kappa shape index (κ2) is 14.3. The minimum Gasteiger partial charge on any atom is -0.275 e. The van der Waals surface area contributed by atoms with E-state index in [-0.39, 0.29) is 0 Å². The maximum absolute atomic E-state index is 10.7. The third-order valence-electron chi connectivity index (χ3n) is 2.99. The zero-order valence-electron chi connectivity index (χ0n) is 11.8. The first kappa shape index (κ1) is 17.2. The molecule has 0 saturated carbocycles. The van der Waals surface area contributed by atoms with Crippen LogP contribution in [-0.4, -0.2) is 12.6 Å². The molecule has 0 aliphatic heterocycles. The number of amides is 2. The Bertz CT molecular complexity index is 188. The molecule has 108 valence electrons. The molecule has 0 spiro atoms. The first-order valence-electron chi connectivity index (χ1n) is 7.30. The van der Waals surface area contributed by atoms with Gasteiger partial charge in [-0.15, -0.1) is 0 Å². The Morgan fingerprint density at radius 2 is 1.39 bits per heavy atom. The van der Waals surface area contributed by atoms with Crippen LogP contribution in [0.4, 0.5) is 4.79 Å². The third-order valence-corrected chi connectivity index (χ3v) is 2.99. The molecule has 0 bridgehead atoms. The maximum Gasteiger partial charge on any atom is 0.343 e. The zero-order chi connectivity index (χ0) is 13.5. The van der Waals surface area contributed by atoms with Gasteiger partial charge < -0.3 is 0 Å². The highest BCUT2D eigenvalue weighted by atomic mass is 16.2. The average Bonchev–Trinajstić information content (AvgIpc) is 2.39. The fourth-order valence-corrected chi connectivity index (χ4v) is 1.88. The predicted molar refractivity (Wildman–Crippen MR) is 75.7 cm³/mol. The van der Waals surface area contributed by atoms with Crippen molar-refractivity contribution < 1.29 is 4.79 Å². The molecule has 0 aromatic heterocycles. The van der Waals surface area contributed by atoms with E-state index in [2.05, 4.69) is 17.8 Å². The molecule has 18 heavy (non-hydrogen) atoms. The summed E-state index contributed by atoms with van der Waals surface area (Å²) in [6.45, 7) is 3.05. The molecule has 0 saturated heterocycles. The molecule has 0 fully saturated rings. The van der Waals surface area contributed by atoms with Gasteiger partial charge in [0.1, 0.15) is 0 Å². The van der Waals surface area contributed by atoms with Crippen molar-refractivity contribution in [2.24, 2.45) is 5.84 Å². The summed E-state index contributed by atoms with van der Waals surface area (Å²) in [5.74, 6) is 4.91. The van der Waals surface area contributed by atoms with Crippen LogP contribution in [0, 0.1) is 0 Å². The van der Waals surface area contributed by atoms with Gasteiger partial charge in [-0.05, 0) is 6.42 Å². The van der Waals surface area contributed by atoms with Crippen LogP contribution in [0.3, 0.4) is 0 Å². The number of hydrazine groups is 2. The van der Waals surface area contributed by atoms with Gasteiger partial charge in [0.05, 0.1) is 0 Å². The molecule has 0 atom stereocenters. The standard InChI is InChI=1S/C13H30N4O/c1-2-3-4-5-6-7-8-9-10-11-12-15-17-13(18)16-14/h15H,2-12,14H2,1H3,(H2,16,17,18). The third kappa shape index (κ3) is 13.3. The molecule has 5 nitrogen and oxygen atoms in total. The minimum absolute atomic E-state index is 0.401. The Hall–Kier alpha value is -0.810. The van der Waals surface area contributed by atoms with Crippen molar-refractivity contribution in [3.63, 3.8) is 0 Å². The van der Waals surface area contributed by atoms with Crippen LogP contribution in [0.2, 0.25) is 0 Å². The van der Waals surface area contributed by atoms with Crippen molar-refractivity contribution in [2.45, 2.75) is 71.1 Å². The quantitative estimate of drug-likeness (QED) is 0.188. The first-order valence-corrected chi connectivity index (χ1v) is 7.30. The van der Waals surface area contributed by atoms with Crippen LogP contribution in [-0.2, 0) is 0 Å². The second-order valence-electron chi connectivity index (χ2n) is 4.71. The summed E-state index contributed by atoms with van der Waals surface area (Å²) in [6, 6.07) is -0.401. The molecule has 0 heterocycles. The van der Waals surface area contributed by atoms with Crippen molar-refractivity contribution in [3.05, 3.63) is 0 Å². The first-order chi connectivity index (χ1) is 8.81.